The predicted molar refractivity (Wildman–Crippen MR) is 74.7 cm³/mol. The third kappa shape index (κ3) is 4.45. The van der Waals surface area contributed by atoms with E-state index in [-0.39, 0.29) is 18.2 Å². The maximum absolute atomic E-state index is 10.5. The Hall–Kier alpha value is -1.18. The maximum atomic E-state index is 10.5. The van der Waals surface area contributed by atoms with E-state index in [0.29, 0.717) is 12.6 Å². The summed E-state index contributed by atoms with van der Waals surface area (Å²) in [6.45, 7) is 3.72. The summed E-state index contributed by atoms with van der Waals surface area (Å²) < 4.78 is 1.64. The molecule has 108 valence electrons. The van der Waals surface area contributed by atoms with Gasteiger partial charge in [0.1, 0.15) is 0 Å². The molecule has 2 heterocycles. The number of nitrogens with zero attached hydrogens (tertiary/aromatic N) is 4. The number of aromatic nitrogens is 2. The van der Waals surface area contributed by atoms with Gasteiger partial charge in [0.15, 0.2) is 0 Å². The topological polar surface area (TPSA) is 76.2 Å². The molecule has 1 aliphatic heterocycles. The fourth-order valence-electron chi connectivity index (χ4n) is 2.31. The molecule has 1 unspecified atom stereocenters. The molecule has 0 amide bonds. The van der Waals surface area contributed by atoms with Gasteiger partial charge in [0.25, 0.3) is 0 Å². The van der Waals surface area contributed by atoms with Gasteiger partial charge in [-0.3, -0.25) is 4.90 Å². The lowest BCUT2D eigenvalue weighted by Gasteiger charge is -2.32. The Balaban J connectivity index is 0.00000180. The molecule has 0 spiro atoms. The molecule has 1 aromatic heterocycles. The van der Waals surface area contributed by atoms with Gasteiger partial charge in [-0.1, -0.05) is 0 Å². The minimum absolute atomic E-state index is 0. The first kappa shape index (κ1) is 15.9. The molecule has 19 heavy (non-hydrogen) atoms. The molecule has 1 N–H and O–H groups in total. The zero-order chi connectivity index (χ0) is 13.0. The normalized spacial score (nSPS) is 19.9. The van der Waals surface area contributed by atoms with Gasteiger partial charge < -0.3 is 15.4 Å². The molecule has 1 atom stereocenters. The summed E-state index contributed by atoms with van der Waals surface area (Å²) in [6, 6.07) is 2.00. The van der Waals surface area contributed by atoms with Crippen LogP contribution in [0.15, 0.2) is 12.3 Å². The highest BCUT2D eigenvalue weighted by Crippen LogP contribution is 2.10. The summed E-state index contributed by atoms with van der Waals surface area (Å²) in [7, 11) is 1.99. The second kappa shape index (κ2) is 7.42. The monoisotopic (exact) mass is 289 g/mol. The minimum Gasteiger partial charge on any atom is -0.358 e. The van der Waals surface area contributed by atoms with Crippen LogP contribution in [0.2, 0.25) is 0 Å². The van der Waals surface area contributed by atoms with E-state index in [4.69, 9.17) is 0 Å². The van der Waals surface area contributed by atoms with Crippen LogP contribution in [0.1, 0.15) is 12.8 Å². The second-order valence-electron chi connectivity index (χ2n) is 4.62. The Kier molecular flexibility index (Phi) is 6.20. The molecule has 1 fully saturated rings. The van der Waals surface area contributed by atoms with Gasteiger partial charge in [-0.05, 0) is 31.4 Å². The number of piperidine rings is 1. The summed E-state index contributed by atoms with van der Waals surface area (Å²) in [4.78, 5) is 12.4. The predicted octanol–water partition coefficient (Wildman–Crippen LogP) is 0.897. The summed E-state index contributed by atoms with van der Waals surface area (Å²) >= 11 is 0. The van der Waals surface area contributed by atoms with Crippen molar-refractivity contribution in [3.63, 3.8) is 0 Å². The van der Waals surface area contributed by atoms with Gasteiger partial charge in [-0.2, -0.15) is 4.68 Å². The van der Waals surface area contributed by atoms with Crippen molar-refractivity contribution in [2.75, 3.05) is 26.7 Å². The number of hydrogen-bond donors (Lipinski definition) is 1. The number of likely N-dealkylation sites (tertiary alicyclic amines) is 1. The largest absolute Gasteiger partial charge is 0.389 e. The number of likely N-dealkylation sites (N-methyl/N-ethyl adjacent to an activating group) is 1. The average Bonchev–Trinajstić information content (AvgIpc) is 2.85. The van der Waals surface area contributed by atoms with Gasteiger partial charge in [-0.15, -0.1) is 12.4 Å². The standard InChI is InChI=1S/C11H19N5O2.ClH/c1-12-10-3-2-5-14(9-10)7-8-15-6-4-11(13-15)16(17)18;/h4,6,10,12H,2-3,5,7-9H2,1H3;1H. The van der Waals surface area contributed by atoms with Crippen LogP contribution in [0.3, 0.4) is 0 Å². The van der Waals surface area contributed by atoms with Crippen molar-refractivity contribution < 1.29 is 4.92 Å². The molecule has 1 aromatic rings. The maximum Gasteiger partial charge on any atom is 0.389 e. The van der Waals surface area contributed by atoms with E-state index >= 15 is 0 Å². The quantitative estimate of drug-likeness (QED) is 0.644. The average molecular weight is 290 g/mol. The Bertz CT molecular complexity index is 412. The Morgan fingerprint density at radius 3 is 3.00 bits per heavy atom. The highest BCUT2D eigenvalue weighted by Gasteiger charge is 2.18. The SMILES string of the molecule is CNC1CCCN(CCn2ccc([N+](=O)[O-])n2)C1.Cl. The molecule has 0 radical (unpaired) electrons. The van der Waals surface area contributed by atoms with Gasteiger partial charge in [0.2, 0.25) is 0 Å². The zero-order valence-corrected chi connectivity index (χ0v) is 11.8. The van der Waals surface area contributed by atoms with Crippen LogP contribution in [0, 0.1) is 10.1 Å². The molecular formula is C11H20ClN5O2. The lowest BCUT2D eigenvalue weighted by Crippen LogP contribution is -2.45. The summed E-state index contributed by atoms with van der Waals surface area (Å²) in [6.07, 6.45) is 4.09. The number of halogens is 1. The van der Waals surface area contributed by atoms with Gasteiger partial charge in [-0.25, -0.2) is 0 Å². The molecule has 2 rings (SSSR count). The first-order valence-electron chi connectivity index (χ1n) is 6.26. The van der Waals surface area contributed by atoms with Crippen LogP contribution in [0.25, 0.3) is 0 Å². The molecule has 1 saturated heterocycles. The van der Waals surface area contributed by atoms with Crippen molar-refractivity contribution in [2.24, 2.45) is 0 Å². The zero-order valence-electron chi connectivity index (χ0n) is 11.0. The number of nitro groups is 1. The van der Waals surface area contributed by atoms with Crippen LogP contribution in [-0.2, 0) is 6.54 Å². The van der Waals surface area contributed by atoms with Gasteiger partial charge in [0.05, 0.1) is 23.9 Å². The molecule has 0 bridgehead atoms. The van der Waals surface area contributed by atoms with Crippen LogP contribution < -0.4 is 5.32 Å². The molecule has 8 heteroatoms. The van der Waals surface area contributed by atoms with Gasteiger partial charge >= 0.3 is 5.82 Å². The Labute approximate surface area is 118 Å². The third-order valence-electron chi connectivity index (χ3n) is 3.37. The lowest BCUT2D eigenvalue weighted by molar-refractivity contribution is -0.389. The first-order valence-corrected chi connectivity index (χ1v) is 6.26. The highest BCUT2D eigenvalue weighted by atomic mass is 35.5. The van der Waals surface area contributed by atoms with E-state index in [1.54, 1.807) is 10.9 Å². The molecule has 1 aliphatic rings. The lowest BCUT2D eigenvalue weighted by atomic mass is 10.1. The number of rotatable bonds is 5. The molecule has 0 aromatic carbocycles. The van der Waals surface area contributed by atoms with Crippen LogP contribution >= 0.6 is 12.4 Å². The van der Waals surface area contributed by atoms with E-state index < -0.39 is 4.92 Å². The van der Waals surface area contributed by atoms with Crippen molar-refractivity contribution in [1.82, 2.24) is 20.0 Å². The number of nitrogens with one attached hydrogen (secondary N) is 1. The van der Waals surface area contributed by atoms with Crippen molar-refractivity contribution in [1.29, 1.82) is 0 Å². The smallest absolute Gasteiger partial charge is 0.358 e. The molecule has 0 saturated carbocycles. The minimum atomic E-state index is -0.464. The van der Waals surface area contributed by atoms with E-state index in [0.717, 1.165) is 19.6 Å². The van der Waals surface area contributed by atoms with E-state index in [1.807, 2.05) is 7.05 Å². The molecular weight excluding hydrogens is 270 g/mol. The van der Waals surface area contributed by atoms with E-state index in [2.05, 4.69) is 15.3 Å². The fourth-order valence-corrected chi connectivity index (χ4v) is 2.31. The molecule has 0 aliphatic carbocycles. The summed E-state index contributed by atoms with van der Waals surface area (Å²) in [5, 5.41) is 17.7. The van der Waals surface area contributed by atoms with Crippen LogP contribution in [0.5, 0.6) is 0 Å². The van der Waals surface area contributed by atoms with E-state index in [1.165, 1.54) is 18.9 Å². The van der Waals surface area contributed by atoms with Crippen LogP contribution in [-0.4, -0.2) is 52.3 Å². The van der Waals surface area contributed by atoms with Crippen molar-refractivity contribution in [3.05, 3.63) is 22.4 Å². The third-order valence-corrected chi connectivity index (χ3v) is 3.37. The Morgan fingerprint density at radius 1 is 1.58 bits per heavy atom. The van der Waals surface area contributed by atoms with Crippen molar-refractivity contribution in [3.8, 4) is 0 Å². The summed E-state index contributed by atoms with van der Waals surface area (Å²) in [5.41, 5.74) is 0. The van der Waals surface area contributed by atoms with Crippen molar-refractivity contribution in [2.45, 2.75) is 25.4 Å². The number of hydrogen-bond acceptors (Lipinski definition) is 5. The van der Waals surface area contributed by atoms with Gasteiger partial charge in [0, 0.05) is 19.1 Å². The fraction of sp³-hybridized carbons (Fsp3) is 0.727. The van der Waals surface area contributed by atoms with Crippen molar-refractivity contribution >= 4 is 18.2 Å². The van der Waals surface area contributed by atoms with Crippen LogP contribution in [0.4, 0.5) is 5.82 Å². The second-order valence-corrected chi connectivity index (χ2v) is 4.62. The first-order chi connectivity index (χ1) is 8.69. The Morgan fingerprint density at radius 2 is 2.37 bits per heavy atom. The van der Waals surface area contributed by atoms with E-state index in [9.17, 15) is 10.1 Å². The highest BCUT2D eigenvalue weighted by molar-refractivity contribution is 5.85. The molecule has 7 nitrogen and oxygen atoms in total. The summed E-state index contributed by atoms with van der Waals surface area (Å²) in [5.74, 6) is -0.0817.